The third-order valence-electron chi connectivity index (χ3n) is 6.86. The van der Waals surface area contributed by atoms with E-state index in [-0.39, 0.29) is 6.42 Å². The monoisotopic (exact) mass is 534 g/mol. The summed E-state index contributed by atoms with van der Waals surface area (Å²) in [5.41, 5.74) is 7.09. The van der Waals surface area contributed by atoms with Gasteiger partial charge in [0, 0.05) is 48.0 Å². The molecule has 1 aliphatic heterocycles. The highest BCUT2D eigenvalue weighted by atomic mass is 32.1. The number of aromatic nitrogens is 2. The summed E-state index contributed by atoms with van der Waals surface area (Å²) in [6.45, 7) is 2.96. The van der Waals surface area contributed by atoms with Crippen molar-refractivity contribution in [3.63, 3.8) is 0 Å². The number of halogens is 3. The number of hydrogen-bond acceptors (Lipinski definition) is 6. The van der Waals surface area contributed by atoms with Crippen molar-refractivity contribution in [2.75, 3.05) is 20.1 Å². The van der Waals surface area contributed by atoms with Crippen LogP contribution in [0.5, 0.6) is 0 Å². The maximum absolute atomic E-state index is 12.3. The van der Waals surface area contributed by atoms with Crippen LogP contribution in [0.2, 0.25) is 0 Å². The van der Waals surface area contributed by atoms with Gasteiger partial charge in [0.05, 0.1) is 16.2 Å². The Morgan fingerprint density at radius 3 is 2.65 bits per heavy atom. The van der Waals surface area contributed by atoms with E-state index in [4.69, 9.17) is 0 Å². The molecule has 37 heavy (non-hydrogen) atoms. The van der Waals surface area contributed by atoms with Crippen LogP contribution in [0, 0.1) is 5.92 Å². The molecule has 0 bridgehead atoms. The van der Waals surface area contributed by atoms with E-state index >= 15 is 0 Å². The Bertz CT molecular complexity index is 1110. The van der Waals surface area contributed by atoms with E-state index in [1.807, 2.05) is 24.3 Å². The van der Waals surface area contributed by atoms with Crippen LogP contribution < -0.4 is 5.73 Å². The lowest BCUT2D eigenvalue weighted by molar-refractivity contribution is -0.134. The third-order valence-corrected chi connectivity index (χ3v) is 8.08. The molecule has 0 spiro atoms. The number of aldehydes is 1. The summed E-state index contributed by atoms with van der Waals surface area (Å²) in [5.74, 6) is 0.878. The summed E-state index contributed by atoms with van der Waals surface area (Å²) in [7, 11) is 1.50. The second kappa shape index (κ2) is 14.5. The maximum atomic E-state index is 12.3. The first-order chi connectivity index (χ1) is 17.9. The van der Waals surface area contributed by atoms with E-state index < -0.39 is 12.6 Å². The molecule has 2 N–H and O–H groups in total. The molecule has 5 nitrogen and oxygen atoms in total. The first-order valence-corrected chi connectivity index (χ1v) is 13.9. The lowest BCUT2D eigenvalue weighted by atomic mass is 9.87. The molecule has 2 aromatic heterocycles. The van der Waals surface area contributed by atoms with Crippen LogP contribution in [0.1, 0.15) is 70.9 Å². The summed E-state index contributed by atoms with van der Waals surface area (Å²) in [6.07, 6.45) is 6.86. The van der Waals surface area contributed by atoms with Crippen LogP contribution in [0.3, 0.4) is 0 Å². The van der Waals surface area contributed by atoms with Crippen LogP contribution >= 0.6 is 11.3 Å². The largest absolute Gasteiger partial charge is 0.389 e. The van der Waals surface area contributed by atoms with Crippen molar-refractivity contribution in [2.24, 2.45) is 11.7 Å². The van der Waals surface area contributed by atoms with Crippen LogP contribution in [0.4, 0.5) is 13.2 Å². The Morgan fingerprint density at radius 2 is 1.92 bits per heavy atom. The zero-order chi connectivity index (χ0) is 26.7. The molecule has 5 rings (SSSR count). The number of nitrogens with two attached hydrogens (primary N) is 1. The lowest BCUT2D eigenvalue weighted by Crippen LogP contribution is -2.32. The molecule has 0 atom stereocenters. The summed E-state index contributed by atoms with van der Waals surface area (Å²) in [6, 6.07) is 9.24. The van der Waals surface area contributed by atoms with Gasteiger partial charge in [-0.1, -0.05) is 50.3 Å². The van der Waals surface area contributed by atoms with Crippen molar-refractivity contribution in [3.8, 4) is 0 Å². The van der Waals surface area contributed by atoms with Gasteiger partial charge in [-0.2, -0.15) is 13.2 Å². The number of rotatable bonds is 6. The van der Waals surface area contributed by atoms with E-state index in [9.17, 15) is 18.0 Å². The Balaban J connectivity index is 0.000000228. The first kappa shape index (κ1) is 29.2. The number of fused-ring (bicyclic) bond motifs is 2. The van der Waals surface area contributed by atoms with Crippen molar-refractivity contribution >= 4 is 28.5 Å². The minimum Gasteiger partial charge on any atom is -0.333 e. The molecule has 0 radical (unpaired) electrons. The van der Waals surface area contributed by atoms with E-state index in [0.29, 0.717) is 10.6 Å². The van der Waals surface area contributed by atoms with Gasteiger partial charge < -0.3 is 5.73 Å². The van der Waals surface area contributed by atoms with Crippen molar-refractivity contribution in [1.29, 1.82) is 0 Å². The molecule has 0 amide bonds. The molecule has 3 heterocycles. The number of carbonyl (C=O) groups is 1. The molecule has 2 aliphatic rings. The van der Waals surface area contributed by atoms with Gasteiger partial charge in [0.25, 0.3) is 0 Å². The molecule has 1 saturated carbocycles. The number of alkyl halides is 3. The van der Waals surface area contributed by atoms with Gasteiger partial charge in [-0.15, -0.1) is 11.3 Å². The van der Waals surface area contributed by atoms with Crippen molar-refractivity contribution in [2.45, 2.75) is 70.5 Å². The molecule has 0 saturated heterocycles. The zero-order valence-electron chi connectivity index (χ0n) is 21.5. The molecule has 3 aromatic rings. The number of thiazole rings is 1. The molecular formula is C28H37F3N4OS. The van der Waals surface area contributed by atoms with E-state index in [1.54, 1.807) is 12.3 Å². The van der Waals surface area contributed by atoms with E-state index in [0.717, 1.165) is 54.9 Å². The van der Waals surface area contributed by atoms with Crippen molar-refractivity contribution < 1.29 is 18.0 Å². The normalized spacial score (nSPS) is 16.2. The number of carbonyl (C=O) groups excluding carboxylic acids is 1. The van der Waals surface area contributed by atoms with Crippen molar-refractivity contribution in [3.05, 3.63) is 57.7 Å². The molecule has 0 unspecified atom stereocenters. The van der Waals surface area contributed by atoms with Gasteiger partial charge in [-0.25, -0.2) is 4.98 Å². The second-order valence-electron chi connectivity index (χ2n) is 9.45. The maximum Gasteiger partial charge on any atom is 0.389 e. The first-order valence-electron chi connectivity index (χ1n) is 13.0. The van der Waals surface area contributed by atoms with Crippen LogP contribution in [-0.4, -0.2) is 47.5 Å². The van der Waals surface area contributed by atoms with Gasteiger partial charge >= 0.3 is 6.18 Å². The highest BCUT2D eigenvalue weighted by molar-refractivity contribution is 7.11. The van der Waals surface area contributed by atoms with Gasteiger partial charge in [-0.3, -0.25) is 14.7 Å². The van der Waals surface area contributed by atoms with Gasteiger partial charge in [0.1, 0.15) is 0 Å². The number of nitrogens with zero attached hydrogens (tertiary/aromatic N) is 3. The Morgan fingerprint density at radius 1 is 1.14 bits per heavy atom. The standard InChI is InChI=1S/C17H25F3N2S.C10H7NO.CH5N/c18-17(19,20)9-6-16-21-14-12-22(11-8-15(14)23-16)10-7-13-4-2-1-3-5-13;12-7-8-3-1-5-10-9(8)4-2-6-11-10;1-2/h13H,1-12H2;1-7H;2H2,1H3. The SMILES string of the molecule is CN.FC(F)(F)CCc1nc2c(s1)CCN(CCC1CCCCC1)C2.O=Cc1cccc2ncccc12. The number of pyridine rings is 1. The third kappa shape index (κ3) is 9.16. The molecule has 1 fully saturated rings. The highest BCUT2D eigenvalue weighted by Crippen LogP contribution is 2.30. The van der Waals surface area contributed by atoms with Crippen LogP contribution in [0.25, 0.3) is 10.9 Å². The Hall–Kier alpha value is -2.36. The minimum atomic E-state index is -4.09. The van der Waals surface area contributed by atoms with Gasteiger partial charge in [-0.05, 0) is 44.5 Å². The minimum absolute atomic E-state index is 0.0310. The van der Waals surface area contributed by atoms with Gasteiger partial charge in [0.2, 0.25) is 0 Å². The molecule has 1 aliphatic carbocycles. The van der Waals surface area contributed by atoms with Crippen LogP contribution in [-0.2, 0) is 19.4 Å². The van der Waals surface area contributed by atoms with Crippen molar-refractivity contribution in [1.82, 2.24) is 14.9 Å². The number of aryl methyl sites for hydroxylation is 1. The van der Waals surface area contributed by atoms with Crippen LogP contribution in [0.15, 0.2) is 36.5 Å². The Kier molecular flexibility index (Phi) is 11.5. The Labute approximate surface area is 221 Å². The molecular weight excluding hydrogens is 497 g/mol. The summed E-state index contributed by atoms with van der Waals surface area (Å²) >= 11 is 1.49. The predicted octanol–water partition coefficient (Wildman–Crippen LogP) is 6.59. The lowest BCUT2D eigenvalue weighted by Gasteiger charge is -2.29. The average Bonchev–Trinajstić information content (AvgIpc) is 3.34. The summed E-state index contributed by atoms with van der Waals surface area (Å²) in [5, 5.41) is 1.57. The zero-order valence-corrected chi connectivity index (χ0v) is 22.3. The smallest absolute Gasteiger partial charge is 0.333 e. The fraction of sp³-hybridized carbons (Fsp3) is 0.536. The molecule has 9 heteroatoms. The van der Waals surface area contributed by atoms with E-state index in [1.165, 1.54) is 61.8 Å². The average molecular weight is 535 g/mol. The fourth-order valence-corrected chi connectivity index (χ4v) is 5.99. The highest BCUT2D eigenvalue weighted by Gasteiger charge is 2.28. The fourth-order valence-electron chi connectivity index (χ4n) is 4.92. The molecule has 202 valence electrons. The number of benzene rings is 1. The topological polar surface area (TPSA) is 72.1 Å². The quantitative estimate of drug-likeness (QED) is 0.361. The van der Waals surface area contributed by atoms with Gasteiger partial charge in [0.15, 0.2) is 6.29 Å². The molecule has 1 aromatic carbocycles. The predicted molar refractivity (Wildman–Crippen MR) is 144 cm³/mol. The number of hydrogen-bond donors (Lipinski definition) is 1. The second-order valence-corrected chi connectivity index (χ2v) is 10.6. The van der Waals surface area contributed by atoms with E-state index in [2.05, 4.69) is 20.6 Å². The summed E-state index contributed by atoms with van der Waals surface area (Å²) < 4.78 is 37.0. The summed E-state index contributed by atoms with van der Waals surface area (Å²) in [4.78, 5) is 22.8.